The van der Waals surface area contributed by atoms with Gasteiger partial charge in [0.05, 0.1) is 5.03 Å². The van der Waals surface area contributed by atoms with E-state index in [-0.39, 0.29) is 6.08 Å². The monoisotopic (exact) mass is 238 g/mol. The maximum atomic E-state index is 13.6. The van der Waals surface area contributed by atoms with Gasteiger partial charge in [0.1, 0.15) is 11.7 Å². The summed E-state index contributed by atoms with van der Waals surface area (Å²) < 4.78 is 26.5. The maximum absolute atomic E-state index is 13.6. The zero-order chi connectivity index (χ0) is 11.8. The van der Waals surface area contributed by atoms with Gasteiger partial charge in [-0.1, -0.05) is 11.6 Å². The van der Waals surface area contributed by atoms with Crippen LogP contribution in [0.2, 0.25) is 0 Å². The second-order valence-electron chi connectivity index (χ2n) is 2.90. The standard InChI is InChI=1S/C8H5ClF2O4/c9-4-1-3(6(12)13)8(11,7(14)15)2-5(4)10/h1-3H,(H,12,13)(H,14,15). The SMILES string of the molecule is O=C(O)C1C=C(Cl)C(F)=CC1(F)C(=O)O. The molecule has 0 aromatic heterocycles. The van der Waals surface area contributed by atoms with Gasteiger partial charge in [-0.05, 0) is 6.08 Å². The van der Waals surface area contributed by atoms with Crippen molar-refractivity contribution in [3.05, 3.63) is 23.0 Å². The highest BCUT2D eigenvalue weighted by molar-refractivity contribution is 6.32. The summed E-state index contributed by atoms with van der Waals surface area (Å²) in [6.07, 6.45) is 0.573. The first-order valence-corrected chi connectivity index (χ1v) is 4.08. The van der Waals surface area contributed by atoms with Gasteiger partial charge < -0.3 is 10.2 Å². The molecule has 0 saturated carbocycles. The van der Waals surface area contributed by atoms with Gasteiger partial charge in [-0.2, -0.15) is 0 Å². The van der Waals surface area contributed by atoms with Crippen LogP contribution in [0.25, 0.3) is 0 Å². The van der Waals surface area contributed by atoms with E-state index in [2.05, 4.69) is 0 Å². The Balaban J connectivity index is 3.27. The molecular weight excluding hydrogens is 234 g/mol. The van der Waals surface area contributed by atoms with Crippen molar-refractivity contribution in [3.63, 3.8) is 0 Å². The molecule has 15 heavy (non-hydrogen) atoms. The molecule has 4 nitrogen and oxygen atoms in total. The second kappa shape index (κ2) is 3.62. The summed E-state index contributed by atoms with van der Waals surface area (Å²) in [5.41, 5.74) is -3.31. The number of carboxylic acid groups (broad SMARTS) is 2. The van der Waals surface area contributed by atoms with Crippen molar-refractivity contribution >= 4 is 23.5 Å². The number of aliphatic carboxylic acids is 2. The first-order valence-electron chi connectivity index (χ1n) is 3.70. The Bertz CT molecular complexity index is 390. The third kappa shape index (κ3) is 1.85. The summed E-state index contributed by atoms with van der Waals surface area (Å²) in [6, 6.07) is 0. The number of rotatable bonds is 2. The highest BCUT2D eigenvalue weighted by atomic mass is 35.5. The van der Waals surface area contributed by atoms with Crippen LogP contribution in [0.15, 0.2) is 23.0 Å². The Morgan fingerprint density at radius 1 is 1.47 bits per heavy atom. The lowest BCUT2D eigenvalue weighted by Crippen LogP contribution is -2.44. The van der Waals surface area contributed by atoms with E-state index in [1.165, 1.54) is 0 Å². The fourth-order valence-corrected chi connectivity index (χ4v) is 1.32. The minimum Gasteiger partial charge on any atom is -0.481 e. The maximum Gasteiger partial charge on any atom is 0.346 e. The molecule has 2 unspecified atom stereocenters. The number of alkyl halides is 1. The van der Waals surface area contributed by atoms with E-state index in [4.69, 9.17) is 21.8 Å². The lowest BCUT2D eigenvalue weighted by molar-refractivity contribution is -0.158. The summed E-state index contributed by atoms with van der Waals surface area (Å²) in [4.78, 5) is 21.1. The minimum atomic E-state index is -3.31. The zero-order valence-electron chi connectivity index (χ0n) is 7.08. The number of allylic oxidation sites excluding steroid dienone is 2. The molecule has 1 aliphatic rings. The Morgan fingerprint density at radius 3 is 2.40 bits per heavy atom. The Labute approximate surface area is 87.5 Å². The number of halogens is 3. The Kier molecular flexibility index (Phi) is 2.81. The Morgan fingerprint density at radius 2 is 2.00 bits per heavy atom. The number of carbonyl (C=O) groups is 2. The molecule has 0 bridgehead atoms. The predicted octanol–water partition coefficient (Wildman–Crippen LogP) is 1.47. The molecule has 82 valence electrons. The lowest BCUT2D eigenvalue weighted by atomic mass is 9.85. The van der Waals surface area contributed by atoms with Crippen molar-refractivity contribution in [1.29, 1.82) is 0 Å². The van der Waals surface area contributed by atoms with Crippen LogP contribution in [-0.4, -0.2) is 27.8 Å². The summed E-state index contributed by atoms with van der Waals surface area (Å²) >= 11 is 5.23. The normalized spacial score (nSPS) is 30.5. The number of hydrogen-bond acceptors (Lipinski definition) is 2. The van der Waals surface area contributed by atoms with E-state index in [1.54, 1.807) is 0 Å². The van der Waals surface area contributed by atoms with Gasteiger partial charge in [0.15, 0.2) is 0 Å². The van der Waals surface area contributed by atoms with Gasteiger partial charge in [-0.15, -0.1) is 0 Å². The van der Waals surface area contributed by atoms with Crippen molar-refractivity contribution in [3.8, 4) is 0 Å². The molecule has 0 amide bonds. The summed E-state index contributed by atoms with van der Waals surface area (Å²) in [6.45, 7) is 0. The molecule has 7 heteroatoms. The van der Waals surface area contributed by atoms with E-state index in [0.717, 1.165) is 0 Å². The van der Waals surface area contributed by atoms with E-state index >= 15 is 0 Å². The fraction of sp³-hybridized carbons (Fsp3) is 0.250. The third-order valence-corrected chi connectivity index (χ3v) is 2.23. The summed E-state index contributed by atoms with van der Waals surface area (Å²) in [5, 5.41) is 16.5. The van der Waals surface area contributed by atoms with Crippen molar-refractivity contribution in [2.45, 2.75) is 5.67 Å². The molecule has 0 heterocycles. The highest BCUT2D eigenvalue weighted by Gasteiger charge is 2.51. The minimum absolute atomic E-state index is 0.0520. The van der Waals surface area contributed by atoms with E-state index in [0.29, 0.717) is 6.08 Å². The molecule has 0 aromatic carbocycles. The molecule has 0 saturated heterocycles. The number of hydrogen-bond donors (Lipinski definition) is 2. The highest BCUT2D eigenvalue weighted by Crippen LogP contribution is 2.36. The molecule has 0 aromatic rings. The molecule has 0 spiro atoms. The predicted molar refractivity (Wildman–Crippen MR) is 45.7 cm³/mol. The molecule has 0 fully saturated rings. The zero-order valence-corrected chi connectivity index (χ0v) is 7.83. The van der Waals surface area contributed by atoms with Gasteiger partial charge in [-0.3, -0.25) is 4.79 Å². The first-order chi connectivity index (χ1) is 6.79. The van der Waals surface area contributed by atoms with E-state index < -0.39 is 34.4 Å². The second-order valence-corrected chi connectivity index (χ2v) is 3.30. The molecule has 2 atom stereocenters. The van der Waals surface area contributed by atoms with Crippen LogP contribution in [0, 0.1) is 5.92 Å². The van der Waals surface area contributed by atoms with Crippen LogP contribution in [0.3, 0.4) is 0 Å². The van der Waals surface area contributed by atoms with E-state index in [9.17, 15) is 18.4 Å². The lowest BCUT2D eigenvalue weighted by Gasteiger charge is -2.25. The summed E-state index contributed by atoms with van der Waals surface area (Å²) in [7, 11) is 0. The van der Waals surface area contributed by atoms with Crippen LogP contribution in [-0.2, 0) is 9.59 Å². The van der Waals surface area contributed by atoms with Gasteiger partial charge in [0, 0.05) is 6.08 Å². The number of carboxylic acids is 2. The van der Waals surface area contributed by atoms with Gasteiger partial charge >= 0.3 is 11.9 Å². The van der Waals surface area contributed by atoms with Crippen molar-refractivity contribution in [2.75, 3.05) is 0 Å². The Hall–Kier alpha value is -1.43. The van der Waals surface area contributed by atoms with Crippen LogP contribution in [0.4, 0.5) is 8.78 Å². The smallest absolute Gasteiger partial charge is 0.346 e. The molecule has 2 N–H and O–H groups in total. The van der Waals surface area contributed by atoms with Crippen LogP contribution >= 0.6 is 11.6 Å². The molecule has 0 aliphatic heterocycles. The topological polar surface area (TPSA) is 74.6 Å². The molecule has 1 rings (SSSR count). The van der Waals surface area contributed by atoms with Crippen molar-refractivity contribution in [1.82, 2.24) is 0 Å². The quantitative estimate of drug-likeness (QED) is 0.764. The van der Waals surface area contributed by atoms with Gasteiger partial charge in [0.2, 0.25) is 5.67 Å². The average molecular weight is 239 g/mol. The van der Waals surface area contributed by atoms with Crippen molar-refractivity contribution in [2.24, 2.45) is 5.92 Å². The van der Waals surface area contributed by atoms with Gasteiger partial charge in [-0.25, -0.2) is 13.6 Å². The van der Waals surface area contributed by atoms with E-state index in [1.807, 2.05) is 0 Å². The van der Waals surface area contributed by atoms with Gasteiger partial charge in [0.25, 0.3) is 0 Å². The fourth-order valence-electron chi connectivity index (χ4n) is 1.14. The van der Waals surface area contributed by atoms with Crippen LogP contribution < -0.4 is 0 Å². The third-order valence-electron chi connectivity index (χ3n) is 1.92. The average Bonchev–Trinajstić information content (AvgIpc) is 2.10. The van der Waals surface area contributed by atoms with Crippen LogP contribution in [0.1, 0.15) is 0 Å². The first kappa shape index (κ1) is 11.6. The summed E-state index contributed by atoms with van der Waals surface area (Å²) in [5.74, 6) is -7.15. The van der Waals surface area contributed by atoms with Crippen LogP contribution in [0.5, 0.6) is 0 Å². The van der Waals surface area contributed by atoms with Crippen molar-refractivity contribution < 1.29 is 28.6 Å². The molecule has 1 aliphatic carbocycles. The largest absolute Gasteiger partial charge is 0.481 e. The molecule has 0 radical (unpaired) electrons. The molecular formula is C8H5ClF2O4.